The number of nitrogens with one attached hydrogen (secondary N) is 1. The number of anilines is 1. The summed E-state index contributed by atoms with van der Waals surface area (Å²) in [6, 6.07) is 5.93. The Labute approximate surface area is 116 Å². The Kier molecular flexibility index (Phi) is 3.20. The zero-order chi connectivity index (χ0) is 14.3. The molecule has 0 heterocycles. The first kappa shape index (κ1) is 13.1. The fraction of sp³-hybridized carbons (Fsp3) is 0.467. The molecule has 1 aromatic carbocycles. The van der Waals surface area contributed by atoms with Crippen molar-refractivity contribution in [2.75, 3.05) is 5.32 Å². The first-order valence-electron chi connectivity index (χ1n) is 6.86. The van der Waals surface area contributed by atoms with Crippen LogP contribution in [-0.4, -0.2) is 17.0 Å². The monoisotopic (exact) mass is 277 g/mol. The van der Waals surface area contributed by atoms with Gasteiger partial charge in [0.05, 0.1) is 17.5 Å². The van der Waals surface area contributed by atoms with Gasteiger partial charge in [-0.2, -0.15) is 0 Å². The molecule has 1 aromatic rings. The van der Waals surface area contributed by atoms with Crippen LogP contribution in [0.15, 0.2) is 24.3 Å². The highest BCUT2D eigenvalue weighted by molar-refractivity contribution is 5.96. The van der Waals surface area contributed by atoms with Crippen LogP contribution < -0.4 is 5.32 Å². The maximum absolute atomic E-state index is 13.5. The Morgan fingerprint density at radius 1 is 1.15 bits per heavy atom. The summed E-state index contributed by atoms with van der Waals surface area (Å²) in [6.07, 6.45) is 2.57. The van der Waals surface area contributed by atoms with E-state index in [2.05, 4.69) is 5.32 Å². The van der Waals surface area contributed by atoms with Crippen LogP contribution >= 0.6 is 0 Å². The Bertz CT molecular complexity index is 560. The highest BCUT2D eigenvalue weighted by Crippen LogP contribution is 2.52. The van der Waals surface area contributed by atoms with Crippen LogP contribution in [0, 0.1) is 29.5 Å². The maximum atomic E-state index is 13.5. The van der Waals surface area contributed by atoms with Gasteiger partial charge in [-0.15, -0.1) is 0 Å². The predicted octanol–water partition coefficient (Wildman–Crippen LogP) is 2.51. The smallest absolute Gasteiger partial charge is 0.307 e. The van der Waals surface area contributed by atoms with Crippen LogP contribution in [0.1, 0.15) is 19.3 Å². The number of carbonyl (C=O) groups excluding carboxylic acids is 1. The minimum absolute atomic E-state index is 0.0915. The van der Waals surface area contributed by atoms with Gasteiger partial charge in [-0.25, -0.2) is 4.39 Å². The molecule has 2 bridgehead atoms. The molecule has 5 heteroatoms. The molecule has 0 radical (unpaired) electrons. The SMILES string of the molecule is O=C(O)[C@@H]1[C@@H]2CC[C@@H](C2)[C@@H]1C(=O)Nc1ccccc1F. The zero-order valence-electron chi connectivity index (χ0n) is 10.9. The van der Waals surface area contributed by atoms with Crippen LogP contribution in [0.4, 0.5) is 10.1 Å². The average molecular weight is 277 g/mol. The van der Waals surface area contributed by atoms with Gasteiger partial charge in [0, 0.05) is 0 Å². The van der Waals surface area contributed by atoms with E-state index in [4.69, 9.17) is 0 Å². The van der Waals surface area contributed by atoms with E-state index in [-0.39, 0.29) is 23.4 Å². The minimum atomic E-state index is -0.911. The molecule has 0 aromatic heterocycles. The number of benzene rings is 1. The number of rotatable bonds is 3. The molecule has 4 atom stereocenters. The van der Waals surface area contributed by atoms with Crippen LogP contribution in [0.25, 0.3) is 0 Å². The Hall–Kier alpha value is -1.91. The topological polar surface area (TPSA) is 66.4 Å². The number of carboxylic acid groups (broad SMARTS) is 1. The first-order chi connectivity index (χ1) is 9.58. The van der Waals surface area contributed by atoms with E-state index in [1.165, 1.54) is 12.1 Å². The molecule has 1 amide bonds. The lowest BCUT2D eigenvalue weighted by atomic mass is 9.78. The highest BCUT2D eigenvalue weighted by atomic mass is 19.1. The van der Waals surface area contributed by atoms with Crippen molar-refractivity contribution in [1.29, 1.82) is 0 Å². The molecule has 106 valence electrons. The molecule has 2 fully saturated rings. The van der Waals surface area contributed by atoms with Gasteiger partial charge in [0.25, 0.3) is 0 Å². The molecule has 0 saturated heterocycles. The number of carbonyl (C=O) groups is 2. The molecular formula is C15H16FNO3. The van der Waals surface area contributed by atoms with Gasteiger partial charge >= 0.3 is 5.97 Å². The summed E-state index contributed by atoms with van der Waals surface area (Å²) in [6.45, 7) is 0. The first-order valence-corrected chi connectivity index (χ1v) is 6.86. The van der Waals surface area contributed by atoms with Crippen molar-refractivity contribution in [3.63, 3.8) is 0 Å². The van der Waals surface area contributed by atoms with Crippen molar-refractivity contribution >= 4 is 17.6 Å². The van der Waals surface area contributed by atoms with Crippen molar-refractivity contribution < 1.29 is 19.1 Å². The maximum Gasteiger partial charge on any atom is 0.307 e. The number of aliphatic carboxylic acids is 1. The normalized spacial score (nSPS) is 31.2. The number of hydrogen-bond acceptors (Lipinski definition) is 2. The summed E-state index contributed by atoms with van der Waals surface area (Å²) < 4.78 is 13.5. The predicted molar refractivity (Wildman–Crippen MR) is 70.5 cm³/mol. The Morgan fingerprint density at radius 2 is 1.80 bits per heavy atom. The summed E-state index contributed by atoms with van der Waals surface area (Å²) in [5.41, 5.74) is 0.115. The van der Waals surface area contributed by atoms with Crippen molar-refractivity contribution in [2.45, 2.75) is 19.3 Å². The number of fused-ring (bicyclic) bond motifs is 2. The molecule has 0 spiro atoms. The summed E-state index contributed by atoms with van der Waals surface area (Å²) in [7, 11) is 0. The number of hydrogen-bond donors (Lipinski definition) is 2. The second kappa shape index (κ2) is 4.89. The van der Waals surface area contributed by atoms with Crippen molar-refractivity contribution in [2.24, 2.45) is 23.7 Å². The number of halogens is 1. The van der Waals surface area contributed by atoms with E-state index in [1.807, 2.05) is 0 Å². The zero-order valence-corrected chi connectivity index (χ0v) is 10.9. The quantitative estimate of drug-likeness (QED) is 0.892. The summed E-state index contributed by atoms with van der Waals surface area (Å²) >= 11 is 0. The molecule has 4 nitrogen and oxygen atoms in total. The lowest BCUT2D eigenvalue weighted by Crippen LogP contribution is -2.38. The average Bonchev–Trinajstić information content (AvgIpc) is 3.01. The van der Waals surface area contributed by atoms with Crippen LogP contribution in [0.2, 0.25) is 0 Å². The van der Waals surface area contributed by atoms with Crippen molar-refractivity contribution in [3.05, 3.63) is 30.1 Å². The second-order valence-electron chi connectivity index (χ2n) is 5.69. The van der Waals surface area contributed by atoms with Crippen LogP contribution in [0.5, 0.6) is 0 Å². The van der Waals surface area contributed by atoms with E-state index in [0.717, 1.165) is 19.3 Å². The molecule has 0 aliphatic heterocycles. The largest absolute Gasteiger partial charge is 0.481 e. The van der Waals surface area contributed by atoms with Gasteiger partial charge in [0.2, 0.25) is 5.91 Å². The summed E-state index contributed by atoms with van der Waals surface area (Å²) in [5, 5.41) is 11.9. The van der Waals surface area contributed by atoms with Crippen molar-refractivity contribution in [1.82, 2.24) is 0 Å². The highest BCUT2D eigenvalue weighted by Gasteiger charge is 2.54. The fourth-order valence-corrected chi connectivity index (χ4v) is 3.80. The third kappa shape index (κ3) is 2.07. The second-order valence-corrected chi connectivity index (χ2v) is 5.69. The molecule has 20 heavy (non-hydrogen) atoms. The van der Waals surface area contributed by atoms with E-state index >= 15 is 0 Å². The van der Waals surface area contributed by atoms with Gasteiger partial charge in [-0.3, -0.25) is 9.59 Å². The molecule has 3 rings (SSSR count). The Morgan fingerprint density at radius 3 is 2.45 bits per heavy atom. The van der Waals surface area contributed by atoms with Crippen LogP contribution in [0.3, 0.4) is 0 Å². The molecule has 2 aliphatic carbocycles. The summed E-state index contributed by atoms with van der Waals surface area (Å²) in [5.74, 6) is -2.73. The lowest BCUT2D eigenvalue weighted by Gasteiger charge is -2.27. The Balaban J connectivity index is 1.80. The molecule has 2 aliphatic rings. The van der Waals surface area contributed by atoms with E-state index in [0.29, 0.717) is 0 Å². The standard InChI is InChI=1S/C15H16FNO3/c16-10-3-1-2-4-11(10)17-14(18)12-8-5-6-9(7-8)13(12)15(19)20/h1-4,8-9,12-13H,5-7H2,(H,17,18)(H,19,20)/t8-,9+,12-,13+/m0/s1. The molecular weight excluding hydrogens is 261 g/mol. The van der Waals surface area contributed by atoms with Gasteiger partial charge < -0.3 is 10.4 Å². The summed E-state index contributed by atoms with van der Waals surface area (Å²) in [4.78, 5) is 23.7. The van der Waals surface area contributed by atoms with Gasteiger partial charge in [0.15, 0.2) is 0 Å². The molecule has 2 N–H and O–H groups in total. The molecule has 0 unspecified atom stereocenters. The van der Waals surface area contributed by atoms with E-state index in [1.54, 1.807) is 12.1 Å². The van der Waals surface area contributed by atoms with Gasteiger partial charge in [0.1, 0.15) is 5.82 Å². The minimum Gasteiger partial charge on any atom is -0.481 e. The van der Waals surface area contributed by atoms with Gasteiger partial charge in [-0.1, -0.05) is 12.1 Å². The van der Waals surface area contributed by atoms with Crippen molar-refractivity contribution in [3.8, 4) is 0 Å². The van der Waals surface area contributed by atoms with E-state index in [9.17, 15) is 19.1 Å². The molecule has 2 saturated carbocycles. The third-order valence-corrected chi connectivity index (χ3v) is 4.64. The third-order valence-electron chi connectivity index (χ3n) is 4.64. The number of carboxylic acids is 1. The lowest BCUT2D eigenvalue weighted by molar-refractivity contribution is -0.148. The number of amides is 1. The number of para-hydroxylation sites is 1. The van der Waals surface area contributed by atoms with Gasteiger partial charge in [-0.05, 0) is 43.2 Å². The van der Waals surface area contributed by atoms with Crippen LogP contribution in [-0.2, 0) is 9.59 Å². The fourth-order valence-electron chi connectivity index (χ4n) is 3.80. The van der Waals surface area contributed by atoms with E-state index < -0.39 is 23.6 Å².